The molecule has 0 fully saturated rings. The van der Waals surface area contributed by atoms with Gasteiger partial charge in [-0.15, -0.1) is 22.7 Å². The van der Waals surface area contributed by atoms with Crippen LogP contribution in [0.15, 0.2) is 152 Å². The third-order valence-electron chi connectivity index (χ3n) is 11.1. The summed E-state index contributed by atoms with van der Waals surface area (Å²) in [6.45, 7) is 6.26. The second-order valence-electron chi connectivity index (χ2n) is 13.9. The number of hydrogen-bond acceptors (Lipinski definition) is 3. The smallest absolute Gasteiger partial charge is 0.101 e. The summed E-state index contributed by atoms with van der Waals surface area (Å²) in [5.41, 5.74) is 10.2. The molecule has 258 valence electrons. The van der Waals surface area contributed by atoms with Gasteiger partial charge in [-0.2, -0.15) is 5.26 Å². The molecule has 4 aromatic heterocycles. The highest BCUT2D eigenvalue weighted by atomic mass is 32.1. The number of thiophene rings is 2. The van der Waals surface area contributed by atoms with Crippen molar-refractivity contribution >= 4 is 109 Å². The minimum absolute atomic E-state index is 0.621. The van der Waals surface area contributed by atoms with Crippen LogP contribution in [0.2, 0.25) is 0 Å². The van der Waals surface area contributed by atoms with E-state index < -0.39 is 0 Å². The molecule has 0 amide bonds. The zero-order valence-corrected chi connectivity index (χ0v) is 31.5. The van der Waals surface area contributed by atoms with Crippen LogP contribution < -0.4 is 0 Å². The van der Waals surface area contributed by atoms with Crippen molar-refractivity contribution in [3.63, 3.8) is 0 Å². The molecule has 0 bridgehead atoms. The average Bonchev–Trinajstić information content (AvgIpc) is 3.98. The fourth-order valence-electron chi connectivity index (χ4n) is 8.84. The van der Waals surface area contributed by atoms with Crippen LogP contribution in [0, 0.1) is 11.3 Å². The van der Waals surface area contributed by atoms with E-state index in [1.807, 2.05) is 29.5 Å². The second-order valence-corrected chi connectivity index (χ2v) is 16.0. The molecule has 7 aromatic carbocycles. The predicted octanol–water partition coefficient (Wildman–Crippen LogP) is 14.7. The largest absolute Gasteiger partial charge is 0.309 e. The van der Waals surface area contributed by atoms with Crippen molar-refractivity contribution in [1.82, 2.24) is 9.13 Å². The topological polar surface area (TPSA) is 33.6 Å². The molecule has 3 nitrogen and oxygen atoms in total. The third-order valence-corrected chi connectivity index (χ3v) is 13.5. The lowest BCUT2D eigenvalue weighted by Gasteiger charge is -2.19. The van der Waals surface area contributed by atoms with E-state index in [0.717, 1.165) is 60.9 Å². The molecule has 5 heteroatoms. The lowest BCUT2D eigenvalue weighted by Crippen LogP contribution is -2.03. The van der Waals surface area contributed by atoms with Gasteiger partial charge in [-0.3, -0.25) is 0 Å². The molecule has 0 aliphatic carbocycles. The molecule has 4 heterocycles. The van der Waals surface area contributed by atoms with Crippen molar-refractivity contribution in [2.24, 2.45) is 0 Å². The average molecular weight is 738 g/mol. The Hall–Kier alpha value is -6.71. The zero-order valence-electron chi connectivity index (χ0n) is 29.9. The molecule has 11 aromatic rings. The van der Waals surface area contributed by atoms with Crippen molar-refractivity contribution in [2.75, 3.05) is 0 Å². The second kappa shape index (κ2) is 12.2. The van der Waals surface area contributed by atoms with Crippen LogP contribution in [0.25, 0.3) is 109 Å². The van der Waals surface area contributed by atoms with Gasteiger partial charge in [0.05, 0.1) is 43.7 Å². The van der Waals surface area contributed by atoms with Gasteiger partial charge in [0, 0.05) is 63.1 Å². The first kappa shape index (κ1) is 31.8. The molecule has 11 rings (SSSR count). The normalized spacial score (nSPS) is 12.1. The summed E-state index contributed by atoms with van der Waals surface area (Å²) in [7, 11) is 0. The van der Waals surface area contributed by atoms with Crippen molar-refractivity contribution in [3.8, 4) is 28.6 Å². The summed E-state index contributed by atoms with van der Waals surface area (Å²) < 4.78 is 8.56. The molecular formula is C50H31N3S2. The van der Waals surface area contributed by atoms with Gasteiger partial charge in [0.15, 0.2) is 0 Å². The Morgan fingerprint density at radius 1 is 0.582 bits per heavy atom. The summed E-state index contributed by atoms with van der Waals surface area (Å²) in [5, 5.41) is 19.5. The van der Waals surface area contributed by atoms with E-state index in [-0.39, 0.29) is 0 Å². The Balaban J connectivity index is 1.26. The van der Waals surface area contributed by atoms with Crippen LogP contribution in [0.4, 0.5) is 0 Å². The number of aromatic nitrogens is 2. The maximum atomic E-state index is 10.9. The Morgan fingerprint density at radius 2 is 1.27 bits per heavy atom. The zero-order chi connectivity index (χ0) is 36.8. The van der Waals surface area contributed by atoms with E-state index in [0.29, 0.717) is 5.56 Å². The summed E-state index contributed by atoms with van der Waals surface area (Å²) in [5.74, 6) is 0. The summed E-state index contributed by atoms with van der Waals surface area (Å²) >= 11 is 3.65. The van der Waals surface area contributed by atoms with E-state index in [9.17, 15) is 5.26 Å². The van der Waals surface area contributed by atoms with Crippen molar-refractivity contribution < 1.29 is 0 Å². The Bertz CT molecular complexity index is 3480. The third kappa shape index (κ3) is 4.41. The number of benzene rings is 7. The molecule has 0 aliphatic rings. The fraction of sp³-hybridized carbons (Fsp3) is 0.0200. The van der Waals surface area contributed by atoms with Gasteiger partial charge in [0.1, 0.15) is 6.07 Å². The van der Waals surface area contributed by atoms with Crippen LogP contribution in [0.5, 0.6) is 0 Å². The van der Waals surface area contributed by atoms with Gasteiger partial charge in [0.25, 0.3) is 0 Å². The van der Waals surface area contributed by atoms with Crippen LogP contribution in [-0.2, 0) is 0 Å². The van der Waals surface area contributed by atoms with Gasteiger partial charge in [0.2, 0.25) is 0 Å². The number of para-hydroxylation sites is 4. The number of hydrogen-bond donors (Lipinski definition) is 0. The molecule has 0 spiro atoms. The number of fused-ring (bicyclic) bond motifs is 12. The summed E-state index contributed by atoms with van der Waals surface area (Å²) in [6.07, 6.45) is 6.23. The quantitative estimate of drug-likeness (QED) is 0.173. The first-order valence-corrected chi connectivity index (χ1v) is 20.0. The Labute approximate surface area is 325 Å². The highest BCUT2D eigenvalue weighted by molar-refractivity contribution is 7.26. The summed E-state index contributed by atoms with van der Waals surface area (Å²) in [4.78, 5) is 1.18. The highest BCUT2D eigenvalue weighted by Crippen LogP contribution is 2.47. The van der Waals surface area contributed by atoms with Gasteiger partial charge in [-0.25, -0.2) is 0 Å². The highest BCUT2D eigenvalue weighted by Gasteiger charge is 2.25. The molecule has 0 N–H and O–H groups in total. The van der Waals surface area contributed by atoms with Crippen LogP contribution in [-0.4, -0.2) is 9.13 Å². The maximum absolute atomic E-state index is 10.9. The first-order chi connectivity index (χ1) is 27.2. The number of nitriles is 1. The van der Waals surface area contributed by atoms with Crippen molar-refractivity contribution in [2.45, 2.75) is 6.92 Å². The van der Waals surface area contributed by atoms with Crippen LogP contribution >= 0.6 is 22.7 Å². The standard InChI is InChI=1S/C50H31N3S2/c1-3-14-44-31(4-2)37-26-25-36-33-17-6-10-22-41(33)53(48(36)50(37)55-44)47-30(29-51)15-13-20-35(47)32-16-5-9-21-40(32)52-42-23-11-7-19-39(42)46-43(52)28-27-38-34-18-8-12-24-45(34)54-49(38)46/h3-28H,2H2,1H3/b14-3-. The van der Waals surface area contributed by atoms with E-state index in [2.05, 4.69) is 168 Å². The maximum Gasteiger partial charge on any atom is 0.101 e. The van der Waals surface area contributed by atoms with Crippen LogP contribution in [0.1, 0.15) is 22.9 Å². The van der Waals surface area contributed by atoms with E-state index in [1.54, 1.807) is 11.3 Å². The van der Waals surface area contributed by atoms with Gasteiger partial charge in [-0.05, 0) is 55.0 Å². The Morgan fingerprint density at radius 3 is 2.09 bits per heavy atom. The molecular weight excluding hydrogens is 707 g/mol. The monoisotopic (exact) mass is 737 g/mol. The number of rotatable bonds is 5. The minimum atomic E-state index is 0.621. The van der Waals surface area contributed by atoms with E-state index in [4.69, 9.17) is 0 Å². The molecule has 0 saturated carbocycles. The SMILES string of the molecule is C=Cc1c(/C=C\C)sc2c1ccc1c3ccccc3n(-c3c(C#N)cccc3-c3ccccc3-n3c4ccccc4c4c5sc6ccccc6c5ccc43)c12. The molecule has 0 aliphatic heterocycles. The lowest BCUT2D eigenvalue weighted by atomic mass is 9.98. The first-order valence-electron chi connectivity index (χ1n) is 18.4. The Kier molecular flexibility index (Phi) is 7.03. The van der Waals surface area contributed by atoms with E-state index >= 15 is 0 Å². The number of nitrogens with zero attached hydrogens (tertiary/aromatic N) is 3. The minimum Gasteiger partial charge on any atom is -0.309 e. The molecule has 0 unspecified atom stereocenters. The number of allylic oxidation sites excluding steroid dienone is 1. The van der Waals surface area contributed by atoms with Crippen molar-refractivity contribution in [1.29, 1.82) is 5.26 Å². The van der Waals surface area contributed by atoms with E-state index in [1.165, 1.54) is 45.9 Å². The summed E-state index contributed by atoms with van der Waals surface area (Å²) in [6, 6.07) is 52.6. The lowest BCUT2D eigenvalue weighted by molar-refractivity contribution is 1.16. The molecule has 0 radical (unpaired) electrons. The van der Waals surface area contributed by atoms with Gasteiger partial charge >= 0.3 is 0 Å². The molecule has 0 atom stereocenters. The van der Waals surface area contributed by atoms with Crippen molar-refractivity contribution in [3.05, 3.63) is 168 Å². The van der Waals surface area contributed by atoms with Gasteiger partial charge in [-0.1, -0.05) is 122 Å². The predicted molar refractivity (Wildman–Crippen MR) is 238 cm³/mol. The molecule has 0 saturated heterocycles. The van der Waals surface area contributed by atoms with Crippen LogP contribution in [0.3, 0.4) is 0 Å². The molecule has 55 heavy (non-hydrogen) atoms. The fourth-order valence-corrected chi connectivity index (χ4v) is 11.4. The van der Waals surface area contributed by atoms with Gasteiger partial charge < -0.3 is 9.13 Å².